The summed E-state index contributed by atoms with van der Waals surface area (Å²) in [7, 11) is 0. The number of carbonyl (C=O) groups excluding carboxylic acids is 1. The maximum Gasteiger partial charge on any atom is 0.338 e. The molecule has 0 amide bonds. The second-order valence-electron chi connectivity index (χ2n) is 10.1. The smallest absolute Gasteiger partial charge is 0.338 e. The van der Waals surface area contributed by atoms with Crippen LogP contribution in [-0.2, 0) is 16.1 Å². The second kappa shape index (κ2) is 13.6. The zero-order valence-corrected chi connectivity index (χ0v) is 28.7. The van der Waals surface area contributed by atoms with Crippen LogP contribution in [0.15, 0.2) is 92.3 Å². The van der Waals surface area contributed by atoms with Gasteiger partial charge in [-0.1, -0.05) is 75.8 Å². The molecule has 0 spiro atoms. The van der Waals surface area contributed by atoms with Crippen molar-refractivity contribution in [2.45, 2.75) is 46.4 Å². The maximum absolute atomic E-state index is 14.2. The molecule has 3 aromatic carbocycles. The van der Waals surface area contributed by atoms with Crippen LogP contribution < -0.4 is 24.4 Å². The van der Waals surface area contributed by atoms with Crippen LogP contribution in [0.4, 0.5) is 0 Å². The number of rotatable bonds is 9. The van der Waals surface area contributed by atoms with E-state index in [0.717, 1.165) is 19.2 Å². The molecule has 0 aliphatic carbocycles. The molecule has 0 N–H and O–H groups in total. The van der Waals surface area contributed by atoms with Gasteiger partial charge in [0.05, 0.1) is 32.1 Å². The summed E-state index contributed by atoms with van der Waals surface area (Å²) in [5, 5.41) is 0. The highest BCUT2D eigenvalue weighted by atomic mass is 127. The van der Waals surface area contributed by atoms with Crippen molar-refractivity contribution in [2.24, 2.45) is 4.99 Å². The number of benzene rings is 3. The predicted molar refractivity (Wildman–Crippen MR) is 180 cm³/mol. The van der Waals surface area contributed by atoms with Gasteiger partial charge in [-0.2, -0.15) is 0 Å². The molecule has 0 saturated heterocycles. The predicted octanol–water partition coefficient (Wildman–Crippen LogP) is 6.53. The summed E-state index contributed by atoms with van der Waals surface area (Å²) < 4.78 is 21.7. The fraction of sp³-hybridized carbons (Fsp3) is 0.242. The van der Waals surface area contributed by atoms with E-state index in [1.54, 1.807) is 18.4 Å². The number of hydrogen-bond acceptors (Lipinski definition) is 7. The highest BCUT2D eigenvalue weighted by Crippen LogP contribution is 2.36. The topological polar surface area (TPSA) is 79.1 Å². The van der Waals surface area contributed by atoms with Crippen molar-refractivity contribution in [3.63, 3.8) is 0 Å². The number of thiazole rings is 1. The van der Waals surface area contributed by atoms with Gasteiger partial charge in [0.15, 0.2) is 4.80 Å². The van der Waals surface area contributed by atoms with E-state index >= 15 is 0 Å². The first-order valence-corrected chi connectivity index (χ1v) is 16.5. The molecule has 0 fully saturated rings. The molecule has 1 aromatic heterocycles. The van der Waals surface area contributed by atoms with Crippen LogP contribution in [0.5, 0.6) is 11.5 Å². The number of allylic oxidation sites excluding steroid dienone is 1. The minimum Gasteiger partial charge on any atom is -0.491 e. The number of aromatic nitrogens is 1. The molecule has 4 aromatic rings. The number of carbonyl (C=O) groups is 1. The van der Waals surface area contributed by atoms with Gasteiger partial charge in [-0.25, -0.2) is 9.79 Å². The van der Waals surface area contributed by atoms with E-state index in [9.17, 15) is 9.59 Å². The number of halogens is 2. The fourth-order valence-electron chi connectivity index (χ4n) is 4.86. The Morgan fingerprint density at radius 3 is 2.58 bits per heavy atom. The molecule has 1 aliphatic heterocycles. The number of nitrogens with zero attached hydrogens (tertiary/aromatic N) is 2. The van der Waals surface area contributed by atoms with Crippen molar-refractivity contribution in [1.82, 2.24) is 4.57 Å². The zero-order valence-electron chi connectivity index (χ0n) is 24.1. The number of ether oxygens (including phenoxy) is 3. The summed E-state index contributed by atoms with van der Waals surface area (Å²) in [5.74, 6) is 0.751. The van der Waals surface area contributed by atoms with E-state index in [0.29, 0.717) is 44.3 Å². The molecule has 0 bridgehead atoms. The van der Waals surface area contributed by atoms with Gasteiger partial charge >= 0.3 is 5.97 Å². The average Bonchev–Trinajstić information content (AvgIpc) is 3.26. The summed E-state index contributed by atoms with van der Waals surface area (Å²) in [6, 6.07) is 20.5. The van der Waals surface area contributed by atoms with Gasteiger partial charge in [-0.05, 0) is 80.1 Å². The van der Waals surface area contributed by atoms with Crippen LogP contribution in [0, 0.1) is 3.57 Å². The van der Waals surface area contributed by atoms with Gasteiger partial charge in [0, 0.05) is 15.6 Å². The second-order valence-corrected chi connectivity index (χ2v) is 13.2. The third-order valence-corrected chi connectivity index (χ3v) is 8.89. The number of esters is 1. The third-order valence-electron chi connectivity index (χ3n) is 6.64. The normalized spacial score (nSPS) is 14.9. The maximum atomic E-state index is 14.2. The molecule has 222 valence electrons. The van der Waals surface area contributed by atoms with Crippen molar-refractivity contribution in [3.05, 3.63) is 122 Å². The number of para-hydroxylation sites is 1. The van der Waals surface area contributed by atoms with Crippen molar-refractivity contribution in [3.8, 4) is 11.5 Å². The van der Waals surface area contributed by atoms with Crippen LogP contribution >= 0.6 is 49.9 Å². The van der Waals surface area contributed by atoms with Crippen molar-refractivity contribution in [1.29, 1.82) is 0 Å². The van der Waals surface area contributed by atoms with Gasteiger partial charge in [0.25, 0.3) is 5.56 Å². The molecule has 43 heavy (non-hydrogen) atoms. The van der Waals surface area contributed by atoms with Crippen molar-refractivity contribution < 1.29 is 19.0 Å². The van der Waals surface area contributed by atoms with Gasteiger partial charge in [0.1, 0.15) is 24.1 Å². The SMILES string of the molecule is CCOC(=O)C1=C(C)N=c2s/c(=C\c3cc(Br)cc(I)c3OCc3ccccc3)c(=O)n2[C@@H]1c1ccccc1OC(C)C. The summed E-state index contributed by atoms with van der Waals surface area (Å²) in [6.45, 7) is 7.98. The van der Waals surface area contributed by atoms with E-state index in [2.05, 4.69) is 38.5 Å². The molecule has 10 heteroatoms. The first kappa shape index (κ1) is 31.2. The first-order valence-electron chi connectivity index (χ1n) is 13.8. The lowest BCUT2D eigenvalue weighted by atomic mass is 9.95. The van der Waals surface area contributed by atoms with E-state index < -0.39 is 12.0 Å². The Morgan fingerprint density at radius 1 is 1.14 bits per heavy atom. The molecular formula is C33H30BrIN2O5S. The first-order chi connectivity index (χ1) is 20.7. The minimum absolute atomic E-state index is 0.110. The molecule has 7 nitrogen and oxygen atoms in total. The zero-order chi connectivity index (χ0) is 30.7. The number of hydrogen-bond donors (Lipinski definition) is 0. The lowest BCUT2D eigenvalue weighted by Crippen LogP contribution is -2.40. The lowest BCUT2D eigenvalue weighted by molar-refractivity contribution is -0.139. The van der Waals surface area contributed by atoms with E-state index in [1.807, 2.05) is 86.7 Å². The van der Waals surface area contributed by atoms with Gasteiger partial charge < -0.3 is 14.2 Å². The molecule has 0 radical (unpaired) electrons. The Balaban J connectivity index is 1.69. The van der Waals surface area contributed by atoms with Crippen LogP contribution in [-0.4, -0.2) is 23.2 Å². The van der Waals surface area contributed by atoms with Crippen LogP contribution in [0.2, 0.25) is 0 Å². The molecule has 1 aliphatic rings. The van der Waals surface area contributed by atoms with Gasteiger partial charge in [-0.3, -0.25) is 9.36 Å². The molecule has 5 rings (SSSR count). The summed E-state index contributed by atoms with van der Waals surface area (Å²) in [5.41, 5.74) is 3.01. The van der Waals surface area contributed by atoms with Crippen LogP contribution in [0.3, 0.4) is 0 Å². The fourth-order valence-corrected chi connectivity index (χ4v) is 7.61. The van der Waals surface area contributed by atoms with E-state index in [-0.39, 0.29) is 18.3 Å². The van der Waals surface area contributed by atoms with Crippen molar-refractivity contribution in [2.75, 3.05) is 6.61 Å². The summed E-state index contributed by atoms with van der Waals surface area (Å²) in [4.78, 5) is 32.8. The lowest BCUT2D eigenvalue weighted by Gasteiger charge is -2.26. The van der Waals surface area contributed by atoms with Crippen molar-refractivity contribution >= 4 is 61.9 Å². The summed E-state index contributed by atoms with van der Waals surface area (Å²) >= 11 is 7.11. The Kier molecular flexibility index (Phi) is 9.88. The van der Waals surface area contributed by atoms with Crippen LogP contribution in [0.25, 0.3) is 6.08 Å². The molecule has 0 saturated carbocycles. The van der Waals surface area contributed by atoms with Gasteiger partial charge in [-0.15, -0.1) is 0 Å². The standard InChI is InChI=1S/C33H30BrIN2O5S/c1-5-40-32(39)28-20(4)36-33-37(29(28)24-13-9-10-14-26(24)42-19(2)3)31(38)27(43-33)16-22-15-23(34)17-25(35)30(22)41-18-21-11-7-6-8-12-21/h6-17,19,29H,5,18H2,1-4H3/b27-16-/t29-/m1/s1. The average molecular weight is 773 g/mol. The summed E-state index contributed by atoms with van der Waals surface area (Å²) in [6.07, 6.45) is 1.72. The molecule has 1 atom stereocenters. The largest absolute Gasteiger partial charge is 0.491 e. The minimum atomic E-state index is -0.774. The molecular weight excluding hydrogens is 743 g/mol. The third kappa shape index (κ3) is 6.81. The number of fused-ring (bicyclic) bond motifs is 1. The molecule has 2 heterocycles. The van der Waals surface area contributed by atoms with E-state index in [4.69, 9.17) is 19.2 Å². The van der Waals surface area contributed by atoms with Crippen LogP contribution in [0.1, 0.15) is 50.4 Å². The van der Waals surface area contributed by atoms with E-state index in [1.165, 1.54) is 11.3 Å². The highest BCUT2D eigenvalue weighted by Gasteiger charge is 2.35. The Hall–Kier alpha value is -3.22. The molecule has 0 unspecified atom stereocenters. The quantitative estimate of drug-likeness (QED) is 0.143. The Bertz CT molecular complexity index is 1880. The highest BCUT2D eigenvalue weighted by molar-refractivity contribution is 14.1. The van der Waals surface area contributed by atoms with Gasteiger partial charge in [0.2, 0.25) is 0 Å². The Labute approximate surface area is 275 Å². The Morgan fingerprint density at radius 2 is 1.86 bits per heavy atom. The monoisotopic (exact) mass is 772 g/mol.